The summed E-state index contributed by atoms with van der Waals surface area (Å²) in [5.41, 5.74) is 2.10. The molecule has 0 atom stereocenters. The monoisotopic (exact) mass is 362 g/mol. The van der Waals surface area contributed by atoms with Gasteiger partial charge in [0, 0.05) is 35.8 Å². The molecule has 0 saturated heterocycles. The van der Waals surface area contributed by atoms with Crippen LogP contribution in [0.2, 0.25) is 5.02 Å². The van der Waals surface area contributed by atoms with E-state index in [0.717, 1.165) is 17.8 Å². The fraction of sp³-hybridized carbons (Fsp3) is 0.222. The Morgan fingerprint density at radius 3 is 2.67 bits per heavy atom. The summed E-state index contributed by atoms with van der Waals surface area (Å²) in [4.78, 5) is 12.5. The lowest BCUT2D eigenvalue weighted by Gasteiger charge is -2.13. The van der Waals surface area contributed by atoms with Crippen LogP contribution in [0, 0.1) is 0 Å². The molecular formula is C18H19ClN2O2S. The average Bonchev–Trinajstić information content (AvgIpc) is 2.56. The third-order valence-corrected chi connectivity index (χ3v) is 3.98. The van der Waals surface area contributed by atoms with Gasteiger partial charge in [-0.1, -0.05) is 29.8 Å². The summed E-state index contributed by atoms with van der Waals surface area (Å²) in [6.07, 6.45) is 0.213. The molecule has 0 bridgehead atoms. The molecule has 2 aromatic rings. The first kappa shape index (κ1) is 18.2. The molecule has 0 fully saturated rings. The topological polar surface area (TPSA) is 50.4 Å². The number of hydrogen-bond acceptors (Lipinski definition) is 3. The van der Waals surface area contributed by atoms with E-state index in [9.17, 15) is 4.79 Å². The molecule has 4 nitrogen and oxygen atoms in total. The molecule has 2 aromatic carbocycles. The second kappa shape index (κ2) is 8.66. The zero-order chi connectivity index (χ0) is 17.5. The van der Waals surface area contributed by atoms with Crippen molar-refractivity contribution in [2.45, 2.75) is 13.3 Å². The summed E-state index contributed by atoms with van der Waals surface area (Å²) in [6, 6.07) is 12.6. The van der Waals surface area contributed by atoms with E-state index in [1.807, 2.05) is 25.1 Å². The van der Waals surface area contributed by atoms with Crippen molar-refractivity contribution in [2.75, 3.05) is 19.0 Å². The molecule has 0 spiro atoms. The lowest BCUT2D eigenvalue weighted by atomic mass is 10.0. The third-order valence-electron chi connectivity index (χ3n) is 3.41. The van der Waals surface area contributed by atoms with Crippen LogP contribution in [-0.4, -0.2) is 24.6 Å². The maximum atomic E-state index is 12.5. The number of ketones is 1. The molecule has 6 heteroatoms. The lowest BCUT2D eigenvalue weighted by Crippen LogP contribution is -2.27. The average molecular weight is 363 g/mol. The highest BCUT2D eigenvalue weighted by Crippen LogP contribution is 2.26. The number of anilines is 1. The number of hydrogen-bond donors (Lipinski definition) is 2. The maximum absolute atomic E-state index is 12.5. The van der Waals surface area contributed by atoms with Crippen molar-refractivity contribution in [3.8, 4) is 5.75 Å². The van der Waals surface area contributed by atoms with Crippen LogP contribution in [0.3, 0.4) is 0 Å². The van der Waals surface area contributed by atoms with Gasteiger partial charge in [-0.3, -0.25) is 4.79 Å². The van der Waals surface area contributed by atoms with Crippen molar-refractivity contribution in [3.05, 3.63) is 58.6 Å². The largest absolute Gasteiger partial charge is 0.496 e. The van der Waals surface area contributed by atoms with Gasteiger partial charge < -0.3 is 15.4 Å². The van der Waals surface area contributed by atoms with Crippen LogP contribution < -0.4 is 15.4 Å². The van der Waals surface area contributed by atoms with E-state index < -0.39 is 0 Å². The number of methoxy groups -OCH3 is 1. The first-order chi connectivity index (χ1) is 11.5. The van der Waals surface area contributed by atoms with Gasteiger partial charge in [0.25, 0.3) is 0 Å². The molecule has 0 aliphatic rings. The highest BCUT2D eigenvalue weighted by atomic mass is 35.5. The third kappa shape index (κ3) is 4.69. The molecule has 0 heterocycles. The molecule has 126 valence electrons. The van der Waals surface area contributed by atoms with E-state index in [0.29, 0.717) is 21.4 Å². The van der Waals surface area contributed by atoms with E-state index in [4.69, 9.17) is 28.6 Å². The smallest absolute Gasteiger partial charge is 0.170 e. The Bertz CT molecular complexity index is 750. The predicted molar refractivity (Wildman–Crippen MR) is 102 cm³/mol. The molecular weight excluding hydrogens is 344 g/mol. The fourth-order valence-corrected chi connectivity index (χ4v) is 2.76. The van der Waals surface area contributed by atoms with Crippen molar-refractivity contribution in [1.29, 1.82) is 0 Å². The second-order valence-corrected chi connectivity index (χ2v) is 5.91. The van der Waals surface area contributed by atoms with Gasteiger partial charge in [0.05, 0.1) is 12.1 Å². The van der Waals surface area contributed by atoms with E-state index >= 15 is 0 Å². The van der Waals surface area contributed by atoms with E-state index in [-0.39, 0.29) is 12.2 Å². The minimum atomic E-state index is -0.0530. The number of benzene rings is 2. The van der Waals surface area contributed by atoms with Crippen LogP contribution in [0.5, 0.6) is 5.75 Å². The van der Waals surface area contributed by atoms with Crippen LogP contribution in [0.4, 0.5) is 5.69 Å². The molecule has 24 heavy (non-hydrogen) atoms. The van der Waals surface area contributed by atoms with Gasteiger partial charge in [-0.05, 0) is 37.3 Å². The molecule has 0 unspecified atom stereocenters. The first-order valence-electron chi connectivity index (χ1n) is 7.54. The van der Waals surface area contributed by atoms with Crippen LogP contribution in [0.1, 0.15) is 22.8 Å². The van der Waals surface area contributed by atoms with Crippen molar-refractivity contribution in [2.24, 2.45) is 0 Å². The Morgan fingerprint density at radius 1 is 1.25 bits per heavy atom. The summed E-state index contributed by atoms with van der Waals surface area (Å²) in [6.45, 7) is 2.71. The van der Waals surface area contributed by atoms with Gasteiger partial charge >= 0.3 is 0 Å². The fourth-order valence-electron chi connectivity index (χ4n) is 2.26. The van der Waals surface area contributed by atoms with Crippen molar-refractivity contribution in [1.82, 2.24) is 5.32 Å². The summed E-state index contributed by atoms with van der Waals surface area (Å²) in [7, 11) is 1.57. The molecule has 2 N–H and O–H groups in total. The van der Waals surface area contributed by atoms with E-state index in [1.165, 1.54) is 0 Å². The number of rotatable bonds is 6. The van der Waals surface area contributed by atoms with E-state index in [1.54, 1.807) is 31.4 Å². The summed E-state index contributed by atoms with van der Waals surface area (Å²) in [5, 5.41) is 7.09. The molecule has 0 aliphatic carbocycles. The zero-order valence-corrected chi connectivity index (χ0v) is 15.1. The molecule has 0 saturated carbocycles. The number of nitrogens with one attached hydrogen (secondary N) is 2. The molecule has 0 radical (unpaired) electrons. The van der Waals surface area contributed by atoms with Crippen LogP contribution in [-0.2, 0) is 6.42 Å². The van der Waals surface area contributed by atoms with Gasteiger partial charge in [-0.15, -0.1) is 0 Å². The second-order valence-electron chi connectivity index (χ2n) is 5.09. The van der Waals surface area contributed by atoms with Gasteiger partial charge in [-0.2, -0.15) is 0 Å². The number of halogens is 1. The Morgan fingerprint density at radius 2 is 2.00 bits per heavy atom. The van der Waals surface area contributed by atoms with Crippen molar-refractivity contribution in [3.63, 3.8) is 0 Å². The number of thiocarbonyl (C=S) groups is 1. The number of Topliss-reactive ketones (excluding diaryl/α,β-unsaturated/α-hetero) is 1. The minimum absolute atomic E-state index is 0.0530. The van der Waals surface area contributed by atoms with Crippen LogP contribution in [0.15, 0.2) is 42.5 Å². The predicted octanol–water partition coefficient (Wildman–Crippen LogP) is 4.08. The minimum Gasteiger partial charge on any atom is -0.496 e. The van der Waals surface area contributed by atoms with Crippen LogP contribution >= 0.6 is 23.8 Å². The SMILES string of the molecule is CCNC(=S)Nc1ccc(CC(=O)c2ccccc2Cl)c(OC)c1. The quantitative estimate of drug-likeness (QED) is 0.599. The lowest BCUT2D eigenvalue weighted by molar-refractivity contribution is 0.0992. The standard InChI is InChI=1S/C18H19ClN2O2S/c1-3-20-18(24)21-13-9-8-12(17(11-13)23-2)10-16(22)14-6-4-5-7-15(14)19/h4-9,11H,3,10H2,1-2H3,(H2,20,21,24). The summed E-state index contributed by atoms with van der Waals surface area (Å²) in [5.74, 6) is 0.572. The maximum Gasteiger partial charge on any atom is 0.170 e. The Balaban J connectivity index is 2.17. The summed E-state index contributed by atoms with van der Waals surface area (Å²) >= 11 is 11.3. The normalized spacial score (nSPS) is 10.1. The molecule has 2 rings (SSSR count). The van der Waals surface area contributed by atoms with Gasteiger partial charge in [0.1, 0.15) is 5.75 Å². The van der Waals surface area contributed by atoms with Gasteiger partial charge in [-0.25, -0.2) is 0 Å². The Kier molecular flexibility index (Phi) is 6.58. The highest BCUT2D eigenvalue weighted by molar-refractivity contribution is 7.80. The number of carbonyl (C=O) groups excluding carboxylic acids is 1. The summed E-state index contributed by atoms with van der Waals surface area (Å²) < 4.78 is 5.41. The van der Waals surface area contributed by atoms with Crippen molar-refractivity contribution >= 4 is 40.4 Å². The highest BCUT2D eigenvalue weighted by Gasteiger charge is 2.14. The Labute approximate surface area is 152 Å². The van der Waals surface area contributed by atoms with E-state index in [2.05, 4.69) is 10.6 Å². The van der Waals surface area contributed by atoms with Crippen molar-refractivity contribution < 1.29 is 9.53 Å². The van der Waals surface area contributed by atoms with Gasteiger partial charge in [0.15, 0.2) is 10.9 Å². The Hall–Kier alpha value is -2.11. The molecule has 0 aliphatic heterocycles. The molecule has 0 aromatic heterocycles. The zero-order valence-electron chi connectivity index (χ0n) is 13.6. The number of ether oxygens (including phenoxy) is 1. The van der Waals surface area contributed by atoms with Gasteiger partial charge in [0.2, 0.25) is 0 Å². The number of carbonyl (C=O) groups is 1. The first-order valence-corrected chi connectivity index (χ1v) is 8.33. The van der Waals surface area contributed by atoms with Crippen LogP contribution in [0.25, 0.3) is 0 Å². The molecule has 0 amide bonds.